The van der Waals surface area contributed by atoms with E-state index in [1.807, 2.05) is 0 Å². The Kier molecular flexibility index (Phi) is 5.45. The molecule has 0 aliphatic heterocycles. The normalized spacial score (nSPS) is 15.5. The molecule has 1 N–H and O–H groups in total. The first-order valence-electron chi connectivity index (χ1n) is 7.68. The second-order valence-electron chi connectivity index (χ2n) is 5.66. The lowest BCUT2D eigenvalue weighted by molar-refractivity contribution is -0.129. The zero-order chi connectivity index (χ0) is 16.3. The third-order valence-electron chi connectivity index (χ3n) is 3.57. The van der Waals surface area contributed by atoms with Gasteiger partial charge in [-0.25, -0.2) is 4.79 Å². The minimum Gasteiger partial charge on any atom is -0.449 e. The van der Waals surface area contributed by atoms with Crippen molar-refractivity contribution < 1.29 is 14.3 Å². The van der Waals surface area contributed by atoms with Gasteiger partial charge < -0.3 is 10.1 Å². The fourth-order valence-corrected chi connectivity index (χ4v) is 2.40. The highest BCUT2D eigenvalue weighted by molar-refractivity contribution is 6.32. The average molecular weight is 328 g/mol. The minimum atomic E-state index is -0.845. The molecule has 22 heavy (non-hydrogen) atoms. The molecule has 7 heteroatoms. The molecule has 0 unspecified atom stereocenters. The number of hydrogen-bond donors (Lipinski definition) is 1. The highest BCUT2D eigenvalue weighted by Crippen LogP contribution is 2.22. The molecule has 1 fully saturated rings. The third kappa shape index (κ3) is 4.00. The molecular weight excluding hydrogens is 306 g/mol. The number of unbranched alkanes of at least 4 members (excludes halogenated alkanes) is 1. The number of aromatic nitrogens is 2. The monoisotopic (exact) mass is 327 g/mol. The number of amides is 1. The number of aryl methyl sites for hydroxylation is 2. The number of nitrogens with one attached hydrogen (secondary N) is 1. The van der Waals surface area contributed by atoms with Gasteiger partial charge in [0.2, 0.25) is 0 Å². The molecule has 1 atom stereocenters. The van der Waals surface area contributed by atoms with E-state index < -0.39 is 12.1 Å². The van der Waals surface area contributed by atoms with Gasteiger partial charge in [-0.15, -0.1) is 0 Å². The van der Waals surface area contributed by atoms with Gasteiger partial charge in [0, 0.05) is 12.6 Å². The lowest BCUT2D eigenvalue weighted by Gasteiger charge is -2.13. The quantitative estimate of drug-likeness (QED) is 0.781. The molecule has 0 radical (unpaired) electrons. The summed E-state index contributed by atoms with van der Waals surface area (Å²) in [4.78, 5) is 24.1. The first-order chi connectivity index (χ1) is 10.4. The molecule has 1 aromatic rings. The lowest BCUT2D eigenvalue weighted by Crippen LogP contribution is -2.37. The van der Waals surface area contributed by atoms with Crippen LogP contribution in [0.1, 0.15) is 55.6 Å². The van der Waals surface area contributed by atoms with Crippen LogP contribution in [0, 0.1) is 6.92 Å². The van der Waals surface area contributed by atoms with Crippen LogP contribution in [-0.2, 0) is 16.1 Å². The van der Waals surface area contributed by atoms with Gasteiger partial charge in [0.25, 0.3) is 5.91 Å². The summed E-state index contributed by atoms with van der Waals surface area (Å²) in [5.74, 6) is -0.883. The van der Waals surface area contributed by atoms with Gasteiger partial charge in [0.15, 0.2) is 6.10 Å². The Hall–Kier alpha value is -1.56. The van der Waals surface area contributed by atoms with Crippen molar-refractivity contribution in [3.63, 3.8) is 0 Å². The number of carbonyl (C=O) groups excluding carboxylic acids is 2. The van der Waals surface area contributed by atoms with E-state index in [4.69, 9.17) is 16.3 Å². The van der Waals surface area contributed by atoms with Crippen molar-refractivity contribution in [3.8, 4) is 0 Å². The smallest absolute Gasteiger partial charge is 0.343 e. The van der Waals surface area contributed by atoms with E-state index in [-0.39, 0.29) is 22.7 Å². The second-order valence-corrected chi connectivity index (χ2v) is 6.02. The van der Waals surface area contributed by atoms with Crippen molar-refractivity contribution in [2.45, 2.75) is 65.1 Å². The summed E-state index contributed by atoms with van der Waals surface area (Å²) in [6.45, 7) is 5.99. The number of esters is 1. The van der Waals surface area contributed by atoms with Crippen LogP contribution in [0.3, 0.4) is 0 Å². The van der Waals surface area contributed by atoms with Crippen LogP contribution in [0.15, 0.2) is 0 Å². The van der Waals surface area contributed by atoms with Crippen molar-refractivity contribution in [3.05, 3.63) is 16.4 Å². The molecule has 2 rings (SSSR count). The van der Waals surface area contributed by atoms with Gasteiger partial charge >= 0.3 is 5.97 Å². The lowest BCUT2D eigenvalue weighted by atomic mass is 10.2. The molecule has 0 bridgehead atoms. The zero-order valence-electron chi connectivity index (χ0n) is 13.2. The van der Waals surface area contributed by atoms with Gasteiger partial charge in [0.05, 0.1) is 5.69 Å². The zero-order valence-corrected chi connectivity index (χ0v) is 13.9. The summed E-state index contributed by atoms with van der Waals surface area (Å²) >= 11 is 6.22. The second kappa shape index (κ2) is 7.13. The van der Waals surface area contributed by atoms with Gasteiger partial charge in [0.1, 0.15) is 10.7 Å². The predicted molar refractivity (Wildman–Crippen MR) is 82.9 cm³/mol. The maximum Gasteiger partial charge on any atom is 0.343 e. The van der Waals surface area contributed by atoms with E-state index >= 15 is 0 Å². The van der Waals surface area contributed by atoms with E-state index in [0.717, 1.165) is 25.7 Å². The molecule has 1 aliphatic rings. The fraction of sp³-hybridized carbons (Fsp3) is 0.667. The van der Waals surface area contributed by atoms with Crippen molar-refractivity contribution in [1.29, 1.82) is 0 Å². The first kappa shape index (κ1) is 16.8. The van der Waals surface area contributed by atoms with E-state index in [0.29, 0.717) is 12.2 Å². The molecule has 0 spiro atoms. The topological polar surface area (TPSA) is 73.2 Å². The van der Waals surface area contributed by atoms with Crippen LogP contribution in [0.2, 0.25) is 5.15 Å². The molecule has 122 valence electrons. The van der Waals surface area contributed by atoms with E-state index in [2.05, 4.69) is 17.3 Å². The average Bonchev–Trinajstić information content (AvgIpc) is 3.22. The van der Waals surface area contributed by atoms with Gasteiger partial charge in [-0.3, -0.25) is 9.48 Å². The van der Waals surface area contributed by atoms with Crippen LogP contribution in [-0.4, -0.2) is 33.8 Å². The van der Waals surface area contributed by atoms with Crippen LogP contribution < -0.4 is 5.32 Å². The summed E-state index contributed by atoms with van der Waals surface area (Å²) in [5, 5.41) is 7.33. The molecule has 1 amide bonds. The molecule has 0 aromatic carbocycles. The third-order valence-corrected chi connectivity index (χ3v) is 3.95. The van der Waals surface area contributed by atoms with E-state index in [1.54, 1.807) is 18.5 Å². The maximum atomic E-state index is 12.2. The first-order valence-corrected chi connectivity index (χ1v) is 8.06. The number of carbonyl (C=O) groups is 2. The van der Waals surface area contributed by atoms with Crippen LogP contribution in [0.4, 0.5) is 0 Å². The van der Waals surface area contributed by atoms with Crippen LogP contribution in [0.5, 0.6) is 0 Å². The standard InChI is InChI=1S/C15H22ClN3O3/c1-4-5-8-19-13(16)12(9(2)18-19)15(21)22-10(3)14(20)17-11-6-7-11/h10-11H,4-8H2,1-3H3,(H,17,20)/t10-/m1/s1. The Labute approximate surface area is 135 Å². The van der Waals surface area contributed by atoms with Crippen molar-refractivity contribution in [1.82, 2.24) is 15.1 Å². The molecule has 1 saturated carbocycles. The SMILES string of the molecule is CCCCn1nc(C)c(C(=O)O[C@H](C)C(=O)NC2CC2)c1Cl. The minimum absolute atomic E-state index is 0.232. The maximum absolute atomic E-state index is 12.2. The Morgan fingerprint density at radius 2 is 2.18 bits per heavy atom. The number of ether oxygens (including phenoxy) is 1. The fourth-order valence-electron chi connectivity index (χ4n) is 2.06. The number of nitrogens with zero attached hydrogens (tertiary/aromatic N) is 2. The Bertz CT molecular complexity index is 567. The molecule has 1 aromatic heterocycles. The molecule has 1 heterocycles. The Morgan fingerprint density at radius 3 is 2.77 bits per heavy atom. The summed E-state index contributed by atoms with van der Waals surface area (Å²) in [6, 6.07) is 0.232. The van der Waals surface area contributed by atoms with Gasteiger partial charge in [-0.2, -0.15) is 5.10 Å². The molecule has 1 aliphatic carbocycles. The van der Waals surface area contributed by atoms with Crippen molar-refractivity contribution in [2.75, 3.05) is 0 Å². The Balaban J connectivity index is 2.01. The molecule has 6 nitrogen and oxygen atoms in total. The number of rotatable bonds is 7. The summed E-state index contributed by atoms with van der Waals surface area (Å²) in [6.07, 6.45) is 3.06. The Morgan fingerprint density at radius 1 is 1.50 bits per heavy atom. The predicted octanol–water partition coefficient (Wildman–Crippen LogP) is 2.47. The highest BCUT2D eigenvalue weighted by atomic mass is 35.5. The van der Waals surface area contributed by atoms with Crippen LogP contribution in [0.25, 0.3) is 0 Å². The number of halogens is 1. The number of hydrogen-bond acceptors (Lipinski definition) is 4. The van der Waals surface area contributed by atoms with Gasteiger partial charge in [-0.05, 0) is 33.1 Å². The van der Waals surface area contributed by atoms with E-state index in [9.17, 15) is 9.59 Å². The summed E-state index contributed by atoms with van der Waals surface area (Å²) < 4.78 is 6.82. The summed E-state index contributed by atoms with van der Waals surface area (Å²) in [5.41, 5.74) is 0.754. The molecular formula is C15H22ClN3O3. The summed E-state index contributed by atoms with van der Waals surface area (Å²) in [7, 11) is 0. The van der Waals surface area contributed by atoms with Crippen LogP contribution >= 0.6 is 11.6 Å². The van der Waals surface area contributed by atoms with Crippen molar-refractivity contribution in [2.24, 2.45) is 0 Å². The molecule has 0 saturated heterocycles. The van der Waals surface area contributed by atoms with Crippen molar-refractivity contribution >= 4 is 23.5 Å². The largest absolute Gasteiger partial charge is 0.449 e. The van der Waals surface area contributed by atoms with E-state index in [1.165, 1.54) is 0 Å². The highest BCUT2D eigenvalue weighted by Gasteiger charge is 2.29. The van der Waals surface area contributed by atoms with Gasteiger partial charge in [-0.1, -0.05) is 24.9 Å².